The summed E-state index contributed by atoms with van der Waals surface area (Å²) in [5.41, 5.74) is 1.81. The number of carbonyl (C=O) groups is 2. The zero-order valence-corrected chi connectivity index (χ0v) is 12.6. The highest BCUT2D eigenvalue weighted by molar-refractivity contribution is 8.16. The van der Waals surface area contributed by atoms with Gasteiger partial charge in [-0.3, -0.25) is 9.59 Å². The summed E-state index contributed by atoms with van der Waals surface area (Å²) in [5.74, 6) is 1.25. The maximum atomic E-state index is 11.8. The standard InChI is InChI=1S/C14H17NO3S2/c16-12(17)6-7-15-13(18)10-2-4-11(5-3-10)14-19-8-1-9-20-14/h2-5,14H,1,6-9H2,(H,15,18)(H,16,17). The van der Waals surface area contributed by atoms with Crippen molar-refractivity contribution < 1.29 is 14.7 Å². The number of carbonyl (C=O) groups excluding carboxylic acids is 1. The average molecular weight is 311 g/mol. The van der Waals surface area contributed by atoms with Gasteiger partial charge in [0.05, 0.1) is 11.0 Å². The van der Waals surface area contributed by atoms with Gasteiger partial charge in [-0.25, -0.2) is 0 Å². The first-order chi connectivity index (χ1) is 9.66. The average Bonchev–Trinajstić information content (AvgIpc) is 2.48. The van der Waals surface area contributed by atoms with Crippen LogP contribution in [0, 0.1) is 0 Å². The number of carboxylic acids is 1. The number of hydrogen-bond acceptors (Lipinski definition) is 4. The molecule has 4 nitrogen and oxygen atoms in total. The Morgan fingerprint density at radius 2 is 1.85 bits per heavy atom. The van der Waals surface area contributed by atoms with Crippen LogP contribution in [0.3, 0.4) is 0 Å². The van der Waals surface area contributed by atoms with E-state index in [1.165, 1.54) is 23.5 Å². The van der Waals surface area contributed by atoms with Gasteiger partial charge in [-0.2, -0.15) is 0 Å². The van der Waals surface area contributed by atoms with Crippen LogP contribution in [0.4, 0.5) is 0 Å². The van der Waals surface area contributed by atoms with Gasteiger partial charge in [0.1, 0.15) is 0 Å². The van der Waals surface area contributed by atoms with E-state index in [0.29, 0.717) is 10.1 Å². The Kier molecular flexibility index (Phi) is 5.79. The number of thioether (sulfide) groups is 2. The molecule has 0 spiro atoms. The van der Waals surface area contributed by atoms with E-state index in [1.54, 1.807) is 12.1 Å². The lowest BCUT2D eigenvalue weighted by molar-refractivity contribution is -0.136. The van der Waals surface area contributed by atoms with Gasteiger partial charge in [0.25, 0.3) is 5.91 Å². The molecular formula is C14H17NO3S2. The number of benzene rings is 1. The third-order valence-corrected chi connectivity index (χ3v) is 5.91. The van der Waals surface area contributed by atoms with E-state index in [4.69, 9.17) is 5.11 Å². The fraction of sp³-hybridized carbons (Fsp3) is 0.429. The molecule has 0 unspecified atom stereocenters. The Bertz CT molecular complexity index is 470. The third-order valence-electron chi connectivity index (χ3n) is 2.90. The fourth-order valence-corrected chi connectivity index (χ4v) is 4.75. The van der Waals surface area contributed by atoms with Gasteiger partial charge in [-0.1, -0.05) is 12.1 Å². The summed E-state index contributed by atoms with van der Waals surface area (Å²) in [5, 5.41) is 11.1. The lowest BCUT2D eigenvalue weighted by atomic mass is 10.1. The number of hydrogen-bond donors (Lipinski definition) is 2. The van der Waals surface area contributed by atoms with E-state index in [9.17, 15) is 9.59 Å². The maximum Gasteiger partial charge on any atom is 0.305 e. The molecule has 0 saturated carbocycles. The summed E-state index contributed by atoms with van der Waals surface area (Å²) in [6.45, 7) is 0.157. The van der Waals surface area contributed by atoms with Crippen LogP contribution in [0.15, 0.2) is 24.3 Å². The molecule has 2 rings (SSSR count). The summed E-state index contributed by atoms with van der Waals surface area (Å²) in [7, 11) is 0. The highest BCUT2D eigenvalue weighted by Crippen LogP contribution is 2.43. The van der Waals surface area contributed by atoms with Gasteiger partial charge in [-0.15, -0.1) is 23.5 Å². The Balaban J connectivity index is 1.90. The molecule has 0 atom stereocenters. The molecule has 108 valence electrons. The molecule has 1 aromatic carbocycles. The summed E-state index contributed by atoms with van der Waals surface area (Å²) in [6.07, 6.45) is 1.20. The van der Waals surface area contributed by atoms with Crippen LogP contribution in [-0.4, -0.2) is 35.0 Å². The van der Waals surface area contributed by atoms with E-state index in [1.807, 2.05) is 35.7 Å². The minimum absolute atomic E-state index is 0.0564. The first-order valence-electron chi connectivity index (χ1n) is 6.50. The van der Waals surface area contributed by atoms with Crippen molar-refractivity contribution in [2.24, 2.45) is 0 Å². The maximum absolute atomic E-state index is 11.8. The number of nitrogens with one attached hydrogen (secondary N) is 1. The summed E-state index contributed by atoms with van der Waals surface area (Å²) in [4.78, 5) is 22.2. The number of rotatable bonds is 5. The monoisotopic (exact) mass is 311 g/mol. The molecule has 0 aromatic heterocycles. The molecule has 1 aromatic rings. The molecule has 0 aliphatic carbocycles. The van der Waals surface area contributed by atoms with Gasteiger partial charge in [0.15, 0.2) is 0 Å². The van der Waals surface area contributed by atoms with Crippen molar-refractivity contribution in [3.05, 3.63) is 35.4 Å². The van der Waals surface area contributed by atoms with Crippen LogP contribution in [0.1, 0.15) is 33.3 Å². The van der Waals surface area contributed by atoms with E-state index in [0.717, 1.165) is 0 Å². The number of amides is 1. The molecule has 1 aliphatic rings. The molecule has 6 heteroatoms. The van der Waals surface area contributed by atoms with Crippen LogP contribution in [-0.2, 0) is 4.79 Å². The topological polar surface area (TPSA) is 66.4 Å². The Morgan fingerprint density at radius 3 is 2.45 bits per heavy atom. The highest BCUT2D eigenvalue weighted by Gasteiger charge is 2.16. The first-order valence-corrected chi connectivity index (χ1v) is 8.60. The van der Waals surface area contributed by atoms with E-state index < -0.39 is 5.97 Å². The first kappa shape index (κ1) is 15.3. The Labute approximate surface area is 126 Å². The predicted octanol–water partition coefficient (Wildman–Crippen LogP) is 2.76. The molecule has 0 radical (unpaired) electrons. The molecular weight excluding hydrogens is 294 g/mol. The second-order valence-electron chi connectivity index (χ2n) is 4.45. The third kappa shape index (κ3) is 4.45. The lowest BCUT2D eigenvalue weighted by Gasteiger charge is -2.21. The highest BCUT2D eigenvalue weighted by atomic mass is 32.2. The van der Waals surface area contributed by atoms with E-state index in [2.05, 4.69) is 5.32 Å². The molecule has 0 bridgehead atoms. The zero-order chi connectivity index (χ0) is 14.4. The second kappa shape index (κ2) is 7.59. The van der Waals surface area contributed by atoms with E-state index in [-0.39, 0.29) is 18.9 Å². The molecule has 1 amide bonds. The van der Waals surface area contributed by atoms with Crippen molar-refractivity contribution in [3.8, 4) is 0 Å². The van der Waals surface area contributed by atoms with Crippen LogP contribution >= 0.6 is 23.5 Å². The SMILES string of the molecule is O=C(O)CCNC(=O)c1ccc(C2SCCCS2)cc1. The molecule has 20 heavy (non-hydrogen) atoms. The van der Waals surface area contributed by atoms with Gasteiger partial charge >= 0.3 is 5.97 Å². The van der Waals surface area contributed by atoms with Crippen LogP contribution in [0.25, 0.3) is 0 Å². The van der Waals surface area contributed by atoms with Gasteiger partial charge in [0, 0.05) is 12.1 Å². The largest absolute Gasteiger partial charge is 0.481 e. The molecule has 1 aliphatic heterocycles. The number of aliphatic carboxylic acids is 1. The minimum Gasteiger partial charge on any atom is -0.481 e. The van der Waals surface area contributed by atoms with Crippen molar-refractivity contribution in [1.29, 1.82) is 0 Å². The van der Waals surface area contributed by atoms with Crippen molar-refractivity contribution in [1.82, 2.24) is 5.32 Å². The predicted molar refractivity (Wildman–Crippen MR) is 83.3 cm³/mol. The van der Waals surface area contributed by atoms with Crippen molar-refractivity contribution >= 4 is 35.4 Å². The van der Waals surface area contributed by atoms with Gasteiger partial charge in [0.2, 0.25) is 0 Å². The molecule has 1 fully saturated rings. The van der Waals surface area contributed by atoms with Crippen molar-refractivity contribution in [2.75, 3.05) is 18.1 Å². The summed E-state index contributed by atoms with van der Waals surface area (Å²) < 4.78 is 0.466. The van der Waals surface area contributed by atoms with Gasteiger partial charge in [-0.05, 0) is 35.6 Å². The van der Waals surface area contributed by atoms with E-state index >= 15 is 0 Å². The molecule has 2 N–H and O–H groups in total. The quantitative estimate of drug-likeness (QED) is 0.875. The van der Waals surface area contributed by atoms with Crippen LogP contribution < -0.4 is 5.32 Å². The Hall–Kier alpha value is -1.14. The van der Waals surface area contributed by atoms with Crippen LogP contribution in [0.2, 0.25) is 0 Å². The summed E-state index contributed by atoms with van der Waals surface area (Å²) >= 11 is 3.89. The second-order valence-corrected chi connectivity index (χ2v) is 7.17. The lowest BCUT2D eigenvalue weighted by Crippen LogP contribution is -2.25. The van der Waals surface area contributed by atoms with Crippen molar-refractivity contribution in [3.63, 3.8) is 0 Å². The number of carboxylic acid groups (broad SMARTS) is 1. The zero-order valence-electron chi connectivity index (χ0n) is 11.0. The minimum atomic E-state index is -0.910. The normalized spacial score (nSPS) is 15.8. The van der Waals surface area contributed by atoms with Gasteiger partial charge < -0.3 is 10.4 Å². The smallest absolute Gasteiger partial charge is 0.305 e. The molecule has 1 saturated heterocycles. The summed E-state index contributed by atoms with van der Waals surface area (Å²) in [6, 6.07) is 7.59. The Morgan fingerprint density at radius 1 is 1.20 bits per heavy atom. The van der Waals surface area contributed by atoms with Crippen molar-refractivity contribution in [2.45, 2.75) is 17.4 Å². The fourth-order valence-electron chi connectivity index (χ4n) is 1.86. The van der Waals surface area contributed by atoms with Crippen LogP contribution in [0.5, 0.6) is 0 Å². The molecule has 1 heterocycles.